The molecule has 0 N–H and O–H groups in total. The number of aryl methyl sites for hydroxylation is 1. The van der Waals surface area contributed by atoms with Crippen LogP contribution in [0.25, 0.3) is 26.3 Å². The third kappa shape index (κ3) is 4.57. The van der Waals surface area contributed by atoms with Gasteiger partial charge in [0.15, 0.2) is 5.78 Å². The van der Waals surface area contributed by atoms with Crippen molar-refractivity contribution in [3.05, 3.63) is 95.6 Å². The molecule has 0 aliphatic rings. The van der Waals surface area contributed by atoms with E-state index in [2.05, 4.69) is 28.2 Å². The number of fused-ring (bicyclic) bond motifs is 1. The van der Waals surface area contributed by atoms with Gasteiger partial charge in [-0.25, -0.2) is 14.8 Å². The van der Waals surface area contributed by atoms with Gasteiger partial charge in [-0.2, -0.15) is 0 Å². The van der Waals surface area contributed by atoms with Gasteiger partial charge in [0.1, 0.15) is 16.2 Å². The maximum Gasteiger partial charge on any atom is 0.337 e. The minimum atomic E-state index is -0.379. The van der Waals surface area contributed by atoms with Crippen LogP contribution in [-0.2, 0) is 4.74 Å². The average Bonchev–Trinajstić information content (AvgIpc) is 3.48. The number of thiophene rings is 1. The summed E-state index contributed by atoms with van der Waals surface area (Å²) in [5.74, 6) is -0.0691. The lowest BCUT2D eigenvalue weighted by Gasteiger charge is -2.10. The lowest BCUT2D eigenvalue weighted by Crippen LogP contribution is -2.06. The number of hydrogen-bond acceptors (Lipinski definition) is 7. The maximum absolute atomic E-state index is 13.2. The Morgan fingerprint density at radius 2 is 1.75 bits per heavy atom. The van der Waals surface area contributed by atoms with Crippen LogP contribution >= 0.6 is 23.1 Å². The number of methoxy groups -OCH3 is 1. The monoisotopic (exact) mass is 513 g/mol. The molecule has 0 bridgehead atoms. The predicted octanol–water partition coefficient (Wildman–Crippen LogP) is 6.53. The van der Waals surface area contributed by atoms with Gasteiger partial charge in [0.25, 0.3) is 0 Å². The van der Waals surface area contributed by atoms with Crippen molar-refractivity contribution in [3.63, 3.8) is 0 Å². The van der Waals surface area contributed by atoms with E-state index in [1.807, 2.05) is 54.8 Å². The summed E-state index contributed by atoms with van der Waals surface area (Å²) in [7, 11) is 1.36. The van der Waals surface area contributed by atoms with Gasteiger partial charge in [0, 0.05) is 32.9 Å². The molecule has 0 saturated heterocycles. The molecular formula is C28H23N3O3S2. The minimum absolute atomic E-state index is 0.0378. The Bertz CT molecular complexity index is 1570. The summed E-state index contributed by atoms with van der Waals surface area (Å²) in [6, 6.07) is 21.4. The lowest BCUT2D eigenvalue weighted by molar-refractivity contribution is 0.0600. The molecule has 5 aromatic rings. The Balaban J connectivity index is 1.37. The van der Waals surface area contributed by atoms with E-state index in [-0.39, 0.29) is 17.5 Å². The Kier molecular flexibility index (Phi) is 6.71. The van der Waals surface area contributed by atoms with E-state index in [9.17, 15) is 9.59 Å². The van der Waals surface area contributed by atoms with Crippen LogP contribution < -0.4 is 0 Å². The summed E-state index contributed by atoms with van der Waals surface area (Å²) in [5.41, 5.74) is 4.99. The van der Waals surface area contributed by atoms with E-state index in [1.54, 1.807) is 29.8 Å². The van der Waals surface area contributed by atoms with Crippen LogP contribution in [0.15, 0.2) is 78.1 Å². The third-order valence-electron chi connectivity index (χ3n) is 5.97. The smallest absolute Gasteiger partial charge is 0.337 e. The molecule has 2 aromatic carbocycles. The Morgan fingerprint density at radius 1 is 1.00 bits per heavy atom. The quantitative estimate of drug-likeness (QED) is 0.107. The summed E-state index contributed by atoms with van der Waals surface area (Å²) in [4.78, 5) is 35.9. The fourth-order valence-corrected chi connectivity index (χ4v) is 6.14. The van der Waals surface area contributed by atoms with E-state index in [0.29, 0.717) is 11.1 Å². The van der Waals surface area contributed by atoms with Crippen molar-refractivity contribution in [2.24, 2.45) is 0 Å². The van der Waals surface area contributed by atoms with Gasteiger partial charge >= 0.3 is 5.97 Å². The van der Waals surface area contributed by atoms with Crippen LogP contribution in [0.4, 0.5) is 0 Å². The molecule has 3 aromatic heterocycles. The number of carbonyl (C=O) groups is 2. The Morgan fingerprint density at radius 3 is 2.47 bits per heavy atom. The number of benzene rings is 2. The first-order valence-corrected chi connectivity index (χ1v) is 13.1. The summed E-state index contributed by atoms with van der Waals surface area (Å²) in [6.07, 6.45) is 1.56. The van der Waals surface area contributed by atoms with Crippen LogP contribution in [0.3, 0.4) is 0 Å². The van der Waals surface area contributed by atoms with Gasteiger partial charge in [-0.05, 0) is 55.8 Å². The van der Waals surface area contributed by atoms with Crippen LogP contribution in [0.2, 0.25) is 0 Å². The first-order chi connectivity index (χ1) is 17.5. The fourth-order valence-electron chi connectivity index (χ4n) is 4.21. The zero-order chi connectivity index (χ0) is 25.2. The standard InChI is InChI=1S/C28H23N3O3S2/c1-17-13-22(18(2)31(17)21-11-9-20(10-12-21)28(33)34-3)24(32)15-35-26-23-14-25(19-7-5-4-6-8-19)36-27(23)30-16-29-26/h4-14,16H,15H2,1-3H3. The fraction of sp³-hybridized carbons (Fsp3) is 0.143. The number of Topliss-reactive ketones (excluding diaryl/α,β-unsaturated/α-hetero) is 1. The van der Waals surface area contributed by atoms with Gasteiger partial charge in [-0.1, -0.05) is 42.1 Å². The van der Waals surface area contributed by atoms with Crippen molar-refractivity contribution < 1.29 is 14.3 Å². The van der Waals surface area contributed by atoms with Gasteiger partial charge in [-0.3, -0.25) is 4.79 Å². The van der Waals surface area contributed by atoms with E-state index < -0.39 is 0 Å². The highest BCUT2D eigenvalue weighted by Gasteiger charge is 2.19. The van der Waals surface area contributed by atoms with Crippen molar-refractivity contribution in [1.29, 1.82) is 0 Å². The highest BCUT2D eigenvalue weighted by atomic mass is 32.2. The number of thioether (sulfide) groups is 1. The molecule has 0 saturated carbocycles. The molecule has 0 unspecified atom stereocenters. The molecule has 0 amide bonds. The normalized spacial score (nSPS) is 11.1. The van der Waals surface area contributed by atoms with Crippen molar-refractivity contribution in [2.75, 3.05) is 12.9 Å². The zero-order valence-corrected chi connectivity index (χ0v) is 21.7. The van der Waals surface area contributed by atoms with E-state index in [0.717, 1.165) is 42.8 Å². The van der Waals surface area contributed by atoms with E-state index in [4.69, 9.17) is 4.74 Å². The van der Waals surface area contributed by atoms with Crippen LogP contribution in [0.5, 0.6) is 0 Å². The summed E-state index contributed by atoms with van der Waals surface area (Å²) in [5, 5.41) is 1.77. The average molecular weight is 514 g/mol. The number of hydrogen-bond donors (Lipinski definition) is 0. The van der Waals surface area contributed by atoms with Crippen molar-refractivity contribution in [3.8, 4) is 16.1 Å². The van der Waals surface area contributed by atoms with Crippen molar-refractivity contribution >= 4 is 45.1 Å². The molecule has 8 heteroatoms. The lowest BCUT2D eigenvalue weighted by atomic mass is 10.2. The van der Waals surface area contributed by atoms with Crippen molar-refractivity contribution in [1.82, 2.24) is 14.5 Å². The van der Waals surface area contributed by atoms with Gasteiger partial charge in [0.05, 0.1) is 18.4 Å². The molecule has 0 radical (unpaired) electrons. The molecule has 36 heavy (non-hydrogen) atoms. The molecule has 5 rings (SSSR count). The van der Waals surface area contributed by atoms with Gasteiger partial charge in [0.2, 0.25) is 0 Å². The SMILES string of the molecule is COC(=O)c1ccc(-n2c(C)cc(C(=O)CSc3ncnc4sc(-c5ccccc5)cc34)c2C)cc1. The van der Waals surface area contributed by atoms with Gasteiger partial charge in [-0.15, -0.1) is 11.3 Å². The molecule has 3 heterocycles. The second kappa shape index (κ2) is 10.1. The largest absolute Gasteiger partial charge is 0.465 e. The molecule has 0 spiro atoms. The number of ether oxygens (including phenoxy) is 1. The number of rotatable bonds is 7. The maximum atomic E-state index is 13.2. The summed E-state index contributed by atoms with van der Waals surface area (Å²) >= 11 is 3.06. The van der Waals surface area contributed by atoms with Crippen LogP contribution in [0.1, 0.15) is 32.1 Å². The predicted molar refractivity (Wildman–Crippen MR) is 144 cm³/mol. The second-order valence-corrected chi connectivity index (χ2v) is 10.2. The molecule has 0 fully saturated rings. The first kappa shape index (κ1) is 24.0. The van der Waals surface area contributed by atoms with Crippen LogP contribution in [-0.4, -0.2) is 39.2 Å². The molecule has 180 valence electrons. The summed E-state index contributed by atoms with van der Waals surface area (Å²) in [6.45, 7) is 3.91. The Labute approximate surface area is 217 Å². The van der Waals surface area contributed by atoms with E-state index >= 15 is 0 Å². The van der Waals surface area contributed by atoms with Gasteiger partial charge < -0.3 is 9.30 Å². The number of ketones is 1. The minimum Gasteiger partial charge on any atom is -0.465 e. The molecular weight excluding hydrogens is 490 g/mol. The number of carbonyl (C=O) groups excluding carboxylic acids is 2. The first-order valence-electron chi connectivity index (χ1n) is 11.3. The Hall–Kier alpha value is -3.75. The number of aromatic nitrogens is 3. The van der Waals surface area contributed by atoms with Crippen LogP contribution in [0, 0.1) is 13.8 Å². The third-order valence-corrected chi connectivity index (χ3v) is 8.07. The van der Waals surface area contributed by atoms with Crippen molar-refractivity contribution in [2.45, 2.75) is 18.9 Å². The zero-order valence-electron chi connectivity index (χ0n) is 20.0. The highest BCUT2D eigenvalue weighted by Crippen LogP contribution is 2.36. The molecule has 0 aliphatic heterocycles. The summed E-state index contributed by atoms with van der Waals surface area (Å²) < 4.78 is 6.80. The molecule has 0 aliphatic carbocycles. The van der Waals surface area contributed by atoms with E-state index in [1.165, 1.54) is 18.9 Å². The highest BCUT2D eigenvalue weighted by molar-refractivity contribution is 8.00. The number of esters is 1. The molecule has 0 atom stereocenters. The number of nitrogens with zero attached hydrogens (tertiary/aromatic N) is 3. The molecule has 6 nitrogen and oxygen atoms in total. The topological polar surface area (TPSA) is 74.1 Å². The second-order valence-electron chi connectivity index (χ2n) is 8.24.